The molecule has 0 bridgehead atoms. The van der Waals surface area contributed by atoms with Crippen LogP contribution < -0.4 is 5.32 Å². The molecule has 2 heteroatoms. The van der Waals surface area contributed by atoms with Gasteiger partial charge in [0, 0.05) is 16.2 Å². The van der Waals surface area contributed by atoms with E-state index in [4.69, 9.17) is 0 Å². The van der Waals surface area contributed by atoms with Crippen LogP contribution in [0.3, 0.4) is 0 Å². The minimum Gasteiger partial charge on any atom is -0.379 e. The SMILES string of the molecule is Cc1ccc(C(C)Nc2ccc(Br)cc2)cc1C. The van der Waals surface area contributed by atoms with Gasteiger partial charge in [-0.3, -0.25) is 0 Å². The summed E-state index contributed by atoms with van der Waals surface area (Å²) in [5.41, 5.74) is 5.15. The first-order valence-corrected chi connectivity index (χ1v) is 6.95. The molecule has 1 N–H and O–H groups in total. The molecule has 1 nitrogen and oxygen atoms in total. The highest BCUT2D eigenvalue weighted by atomic mass is 79.9. The van der Waals surface area contributed by atoms with Gasteiger partial charge in [-0.2, -0.15) is 0 Å². The molecule has 0 aliphatic carbocycles. The molecule has 0 amide bonds. The van der Waals surface area contributed by atoms with Crippen LogP contribution in [0, 0.1) is 13.8 Å². The Morgan fingerprint density at radius 3 is 2.22 bits per heavy atom. The molecule has 0 aliphatic rings. The van der Waals surface area contributed by atoms with Crippen molar-refractivity contribution in [2.45, 2.75) is 26.8 Å². The summed E-state index contributed by atoms with van der Waals surface area (Å²) in [6.07, 6.45) is 0. The molecule has 1 atom stereocenters. The van der Waals surface area contributed by atoms with Crippen LogP contribution in [-0.4, -0.2) is 0 Å². The lowest BCUT2D eigenvalue weighted by molar-refractivity contribution is 0.881. The van der Waals surface area contributed by atoms with Crippen molar-refractivity contribution in [2.24, 2.45) is 0 Å². The second-order valence-electron chi connectivity index (χ2n) is 4.72. The summed E-state index contributed by atoms with van der Waals surface area (Å²) in [4.78, 5) is 0. The number of anilines is 1. The Bertz CT molecular complexity index is 531. The summed E-state index contributed by atoms with van der Waals surface area (Å²) >= 11 is 3.45. The zero-order chi connectivity index (χ0) is 13.1. The fourth-order valence-electron chi connectivity index (χ4n) is 1.91. The van der Waals surface area contributed by atoms with Crippen molar-refractivity contribution >= 4 is 21.6 Å². The minimum absolute atomic E-state index is 0.311. The first kappa shape index (κ1) is 13.2. The maximum Gasteiger partial charge on any atom is 0.0485 e. The van der Waals surface area contributed by atoms with Gasteiger partial charge in [-0.1, -0.05) is 34.1 Å². The molecular weight excluding hydrogens is 286 g/mol. The van der Waals surface area contributed by atoms with Gasteiger partial charge in [-0.05, 0) is 61.7 Å². The maximum atomic E-state index is 3.51. The smallest absolute Gasteiger partial charge is 0.0485 e. The van der Waals surface area contributed by atoms with Crippen molar-refractivity contribution in [2.75, 3.05) is 5.32 Å². The van der Waals surface area contributed by atoms with E-state index in [1.54, 1.807) is 0 Å². The minimum atomic E-state index is 0.311. The van der Waals surface area contributed by atoms with Crippen LogP contribution in [-0.2, 0) is 0 Å². The average molecular weight is 304 g/mol. The van der Waals surface area contributed by atoms with E-state index in [9.17, 15) is 0 Å². The Morgan fingerprint density at radius 1 is 0.944 bits per heavy atom. The maximum absolute atomic E-state index is 3.51. The Labute approximate surface area is 117 Å². The van der Waals surface area contributed by atoms with Crippen LogP contribution >= 0.6 is 15.9 Å². The number of aryl methyl sites for hydroxylation is 2. The fourth-order valence-corrected chi connectivity index (χ4v) is 2.18. The van der Waals surface area contributed by atoms with E-state index in [1.807, 2.05) is 0 Å². The van der Waals surface area contributed by atoms with E-state index in [-0.39, 0.29) is 0 Å². The summed E-state index contributed by atoms with van der Waals surface area (Å²) in [6, 6.07) is 15.2. The van der Waals surface area contributed by atoms with Crippen molar-refractivity contribution in [1.82, 2.24) is 0 Å². The van der Waals surface area contributed by atoms with E-state index >= 15 is 0 Å². The van der Waals surface area contributed by atoms with Crippen molar-refractivity contribution in [3.63, 3.8) is 0 Å². The molecule has 1 unspecified atom stereocenters. The molecule has 0 radical (unpaired) electrons. The highest BCUT2D eigenvalue weighted by Gasteiger charge is 2.06. The number of benzene rings is 2. The summed E-state index contributed by atoms with van der Waals surface area (Å²) in [5.74, 6) is 0. The average Bonchev–Trinajstić information content (AvgIpc) is 2.35. The Kier molecular flexibility index (Phi) is 4.07. The fraction of sp³-hybridized carbons (Fsp3) is 0.250. The van der Waals surface area contributed by atoms with Crippen molar-refractivity contribution in [3.8, 4) is 0 Å². The number of nitrogens with one attached hydrogen (secondary N) is 1. The lowest BCUT2D eigenvalue weighted by Gasteiger charge is -2.17. The second kappa shape index (κ2) is 5.57. The number of hydrogen-bond donors (Lipinski definition) is 1. The van der Waals surface area contributed by atoms with Gasteiger partial charge in [-0.25, -0.2) is 0 Å². The number of halogens is 1. The van der Waals surface area contributed by atoms with Crippen molar-refractivity contribution in [1.29, 1.82) is 0 Å². The lowest BCUT2D eigenvalue weighted by atomic mass is 10.0. The van der Waals surface area contributed by atoms with Crippen LogP contribution in [0.25, 0.3) is 0 Å². The summed E-state index contributed by atoms with van der Waals surface area (Å²) in [7, 11) is 0. The topological polar surface area (TPSA) is 12.0 Å². The van der Waals surface area contributed by atoms with Gasteiger partial charge >= 0.3 is 0 Å². The third-order valence-corrected chi connectivity index (χ3v) is 3.79. The molecule has 0 spiro atoms. The molecule has 2 aromatic carbocycles. The third-order valence-electron chi connectivity index (χ3n) is 3.26. The molecule has 2 aromatic rings. The van der Waals surface area contributed by atoms with E-state index in [0.29, 0.717) is 6.04 Å². The third kappa shape index (κ3) is 3.14. The van der Waals surface area contributed by atoms with Gasteiger partial charge in [0.15, 0.2) is 0 Å². The molecular formula is C16H18BrN. The Hall–Kier alpha value is -1.28. The van der Waals surface area contributed by atoms with Crippen LogP contribution in [0.5, 0.6) is 0 Å². The first-order valence-electron chi connectivity index (χ1n) is 6.15. The van der Waals surface area contributed by atoms with Gasteiger partial charge in [0.25, 0.3) is 0 Å². The Balaban J connectivity index is 2.13. The second-order valence-corrected chi connectivity index (χ2v) is 5.63. The standard InChI is InChI=1S/C16H18BrN/c1-11-4-5-14(10-12(11)2)13(3)18-16-8-6-15(17)7-9-16/h4-10,13,18H,1-3H3. The number of rotatable bonds is 3. The molecule has 0 saturated carbocycles. The van der Waals surface area contributed by atoms with E-state index in [1.165, 1.54) is 16.7 Å². The summed E-state index contributed by atoms with van der Waals surface area (Å²) < 4.78 is 1.10. The number of hydrogen-bond acceptors (Lipinski definition) is 1. The molecule has 2 rings (SSSR count). The molecule has 0 fully saturated rings. The van der Waals surface area contributed by atoms with Crippen LogP contribution in [0.15, 0.2) is 46.9 Å². The lowest BCUT2D eigenvalue weighted by Crippen LogP contribution is -2.06. The van der Waals surface area contributed by atoms with E-state index in [0.717, 1.165) is 10.2 Å². The largest absolute Gasteiger partial charge is 0.379 e. The summed E-state index contributed by atoms with van der Waals surface area (Å²) in [6.45, 7) is 6.49. The van der Waals surface area contributed by atoms with E-state index < -0.39 is 0 Å². The molecule has 0 aliphatic heterocycles. The zero-order valence-electron chi connectivity index (χ0n) is 11.0. The zero-order valence-corrected chi connectivity index (χ0v) is 12.6. The Morgan fingerprint density at radius 2 is 1.61 bits per heavy atom. The van der Waals surface area contributed by atoms with Crippen molar-refractivity contribution < 1.29 is 0 Å². The monoisotopic (exact) mass is 303 g/mol. The molecule has 0 aromatic heterocycles. The molecule has 0 heterocycles. The van der Waals surface area contributed by atoms with Gasteiger partial charge in [0.1, 0.15) is 0 Å². The first-order chi connectivity index (χ1) is 8.56. The summed E-state index contributed by atoms with van der Waals surface area (Å²) in [5, 5.41) is 3.51. The van der Waals surface area contributed by atoms with Gasteiger partial charge in [0.05, 0.1) is 0 Å². The van der Waals surface area contributed by atoms with Crippen LogP contribution in [0.2, 0.25) is 0 Å². The van der Waals surface area contributed by atoms with Crippen molar-refractivity contribution in [3.05, 3.63) is 63.6 Å². The molecule has 0 saturated heterocycles. The van der Waals surface area contributed by atoms with Gasteiger partial charge in [0.2, 0.25) is 0 Å². The van der Waals surface area contributed by atoms with Gasteiger partial charge in [-0.15, -0.1) is 0 Å². The molecule has 18 heavy (non-hydrogen) atoms. The predicted molar refractivity (Wildman–Crippen MR) is 82.1 cm³/mol. The highest BCUT2D eigenvalue weighted by molar-refractivity contribution is 9.10. The van der Waals surface area contributed by atoms with E-state index in [2.05, 4.69) is 84.5 Å². The van der Waals surface area contributed by atoms with Gasteiger partial charge < -0.3 is 5.32 Å². The quantitative estimate of drug-likeness (QED) is 0.817. The van der Waals surface area contributed by atoms with Crippen LogP contribution in [0.4, 0.5) is 5.69 Å². The normalized spacial score (nSPS) is 12.2. The highest BCUT2D eigenvalue weighted by Crippen LogP contribution is 2.22. The predicted octanol–water partition coefficient (Wildman–Crippen LogP) is 5.24. The molecule has 94 valence electrons. The van der Waals surface area contributed by atoms with Crippen LogP contribution in [0.1, 0.15) is 29.7 Å².